The number of rotatable bonds is 3. The minimum Gasteiger partial charge on any atom is -0.463 e. The Hall–Kier alpha value is -2.86. The first-order chi connectivity index (χ1) is 12.8. The lowest BCUT2D eigenvalue weighted by Crippen LogP contribution is -2.61. The molecule has 1 saturated heterocycles. The Labute approximate surface area is 151 Å². The highest BCUT2D eigenvalue weighted by atomic mass is 16.3. The summed E-state index contributed by atoms with van der Waals surface area (Å²) in [5.74, 6) is 0.665. The van der Waals surface area contributed by atoms with Crippen molar-refractivity contribution in [2.45, 2.75) is 19.0 Å². The number of H-pyrrole nitrogens is 1. The maximum Gasteiger partial charge on any atom is 0.274 e. The number of carbonyl (C=O) groups excluding carboxylic acids is 1. The van der Waals surface area contributed by atoms with Gasteiger partial charge in [0.05, 0.1) is 6.26 Å². The number of nitrogens with zero attached hydrogens (tertiary/aromatic N) is 3. The molecule has 2 aliphatic rings. The van der Waals surface area contributed by atoms with Gasteiger partial charge >= 0.3 is 0 Å². The van der Waals surface area contributed by atoms with Crippen LogP contribution in [0.2, 0.25) is 0 Å². The van der Waals surface area contributed by atoms with E-state index in [0.29, 0.717) is 17.5 Å². The van der Waals surface area contributed by atoms with Crippen LogP contribution >= 0.6 is 0 Å². The average molecular weight is 348 g/mol. The number of amides is 1. The Balaban J connectivity index is 1.21. The molecule has 1 fully saturated rings. The third-order valence-electron chi connectivity index (χ3n) is 5.41. The summed E-state index contributed by atoms with van der Waals surface area (Å²) < 4.78 is 5.34. The fourth-order valence-corrected chi connectivity index (χ4v) is 3.83. The fraction of sp³-hybridized carbons (Fsp3) is 0.300. The van der Waals surface area contributed by atoms with E-state index in [1.807, 2.05) is 17.0 Å². The first kappa shape index (κ1) is 15.4. The lowest BCUT2D eigenvalue weighted by atomic mass is 9.96. The van der Waals surface area contributed by atoms with E-state index in [-0.39, 0.29) is 5.91 Å². The van der Waals surface area contributed by atoms with Gasteiger partial charge in [-0.2, -0.15) is 5.10 Å². The first-order valence-corrected chi connectivity index (χ1v) is 8.97. The van der Waals surface area contributed by atoms with Gasteiger partial charge in [-0.3, -0.25) is 14.8 Å². The monoisotopic (exact) mass is 348 g/mol. The van der Waals surface area contributed by atoms with E-state index in [9.17, 15) is 4.79 Å². The third-order valence-corrected chi connectivity index (χ3v) is 5.41. The molecule has 3 aromatic rings. The summed E-state index contributed by atoms with van der Waals surface area (Å²) in [7, 11) is 0. The van der Waals surface area contributed by atoms with Crippen LogP contribution in [0.5, 0.6) is 0 Å². The molecule has 1 amide bonds. The third kappa shape index (κ3) is 2.63. The number of benzene rings is 1. The largest absolute Gasteiger partial charge is 0.463 e. The minimum atomic E-state index is -0.0206. The highest BCUT2D eigenvalue weighted by Crippen LogP contribution is 2.26. The smallest absolute Gasteiger partial charge is 0.274 e. The molecule has 0 unspecified atom stereocenters. The van der Waals surface area contributed by atoms with Gasteiger partial charge < -0.3 is 9.32 Å². The molecule has 26 heavy (non-hydrogen) atoms. The van der Waals surface area contributed by atoms with Gasteiger partial charge in [0.25, 0.3) is 5.91 Å². The summed E-state index contributed by atoms with van der Waals surface area (Å²) in [5, 5.41) is 7.03. The molecule has 2 aromatic heterocycles. The van der Waals surface area contributed by atoms with Crippen molar-refractivity contribution in [2.75, 3.05) is 19.6 Å². The maximum absolute atomic E-state index is 12.6. The van der Waals surface area contributed by atoms with E-state index in [2.05, 4.69) is 39.4 Å². The van der Waals surface area contributed by atoms with E-state index >= 15 is 0 Å². The standard InChI is InChI=1S/C20H20N4O2/c25-20(18-10-17(21-22-18)19-6-3-9-26-19)24-12-16(13-24)23-8-7-14-4-1-2-5-15(14)11-23/h1-6,9-10,16H,7-8,11-13H2,(H,21,22). The van der Waals surface area contributed by atoms with Gasteiger partial charge in [-0.15, -0.1) is 0 Å². The zero-order valence-electron chi connectivity index (χ0n) is 14.4. The predicted octanol–water partition coefficient (Wildman–Crippen LogP) is 2.55. The van der Waals surface area contributed by atoms with Crippen molar-refractivity contribution in [3.63, 3.8) is 0 Å². The zero-order chi connectivity index (χ0) is 17.5. The summed E-state index contributed by atoms with van der Waals surface area (Å²) in [5.41, 5.74) is 4.04. The number of likely N-dealkylation sites (tertiary alicyclic amines) is 1. The molecule has 2 aliphatic heterocycles. The van der Waals surface area contributed by atoms with Crippen molar-refractivity contribution >= 4 is 5.91 Å². The summed E-state index contributed by atoms with van der Waals surface area (Å²) >= 11 is 0. The molecular weight excluding hydrogens is 328 g/mol. The van der Waals surface area contributed by atoms with E-state index in [4.69, 9.17) is 4.42 Å². The van der Waals surface area contributed by atoms with Crippen LogP contribution in [-0.4, -0.2) is 51.6 Å². The van der Waals surface area contributed by atoms with Crippen LogP contribution in [0.4, 0.5) is 0 Å². The lowest BCUT2D eigenvalue weighted by Gasteiger charge is -2.46. The summed E-state index contributed by atoms with van der Waals surface area (Å²) in [6, 6.07) is 14.5. The Kier molecular flexibility index (Phi) is 3.64. The fourth-order valence-electron chi connectivity index (χ4n) is 3.83. The van der Waals surface area contributed by atoms with Crippen LogP contribution in [0.1, 0.15) is 21.6 Å². The van der Waals surface area contributed by atoms with Crippen LogP contribution in [0.15, 0.2) is 53.1 Å². The number of hydrogen-bond donors (Lipinski definition) is 1. The van der Waals surface area contributed by atoms with Crippen LogP contribution in [0.3, 0.4) is 0 Å². The van der Waals surface area contributed by atoms with Crippen molar-refractivity contribution in [3.8, 4) is 11.5 Å². The zero-order valence-corrected chi connectivity index (χ0v) is 14.4. The lowest BCUT2D eigenvalue weighted by molar-refractivity contribution is 0.0214. The van der Waals surface area contributed by atoms with E-state index in [1.54, 1.807) is 12.3 Å². The number of furan rings is 1. The quantitative estimate of drug-likeness (QED) is 0.790. The van der Waals surface area contributed by atoms with Crippen molar-refractivity contribution in [1.82, 2.24) is 20.0 Å². The highest BCUT2D eigenvalue weighted by molar-refractivity contribution is 5.93. The summed E-state index contributed by atoms with van der Waals surface area (Å²) in [6.45, 7) is 3.58. The Morgan fingerprint density at radius 1 is 1.15 bits per heavy atom. The predicted molar refractivity (Wildman–Crippen MR) is 96.5 cm³/mol. The molecule has 1 aromatic carbocycles. The first-order valence-electron chi connectivity index (χ1n) is 8.97. The molecule has 1 N–H and O–H groups in total. The van der Waals surface area contributed by atoms with Crippen molar-refractivity contribution in [2.24, 2.45) is 0 Å². The molecule has 0 bridgehead atoms. The number of carbonyl (C=O) groups is 1. The van der Waals surface area contributed by atoms with E-state index in [1.165, 1.54) is 11.1 Å². The molecule has 4 heterocycles. The Bertz CT molecular complexity index is 925. The molecule has 6 heteroatoms. The van der Waals surface area contributed by atoms with Gasteiger partial charge in [0.15, 0.2) is 11.5 Å². The van der Waals surface area contributed by atoms with Gasteiger partial charge in [-0.25, -0.2) is 0 Å². The number of aromatic amines is 1. The van der Waals surface area contributed by atoms with Crippen molar-refractivity contribution in [3.05, 3.63) is 65.5 Å². The molecule has 0 aliphatic carbocycles. The Morgan fingerprint density at radius 2 is 2.00 bits per heavy atom. The second kappa shape index (κ2) is 6.14. The van der Waals surface area contributed by atoms with Crippen molar-refractivity contribution < 1.29 is 9.21 Å². The van der Waals surface area contributed by atoms with Crippen LogP contribution in [-0.2, 0) is 13.0 Å². The topological polar surface area (TPSA) is 65.4 Å². The number of hydrogen-bond acceptors (Lipinski definition) is 4. The Morgan fingerprint density at radius 3 is 2.81 bits per heavy atom. The van der Waals surface area contributed by atoms with Crippen LogP contribution < -0.4 is 0 Å². The molecule has 5 rings (SSSR count). The van der Waals surface area contributed by atoms with E-state index < -0.39 is 0 Å². The second-order valence-electron chi connectivity index (χ2n) is 7.00. The average Bonchev–Trinajstić information content (AvgIpc) is 3.31. The van der Waals surface area contributed by atoms with Gasteiger partial charge in [0, 0.05) is 38.3 Å². The van der Waals surface area contributed by atoms with Gasteiger partial charge in [0.1, 0.15) is 5.69 Å². The van der Waals surface area contributed by atoms with Crippen LogP contribution in [0, 0.1) is 0 Å². The van der Waals surface area contributed by atoms with Crippen molar-refractivity contribution in [1.29, 1.82) is 0 Å². The molecule has 0 spiro atoms. The number of fused-ring (bicyclic) bond motifs is 1. The highest BCUT2D eigenvalue weighted by Gasteiger charge is 2.37. The molecule has 0 atom stereocenters. The number of nitrogens with one attached hydrogen (secondary N) is 1. The van der Waals surface area contributed by atoms with E-state index in [0.717, 1.165) is 38.3 Å². The second-order valence-corrected chi connectivity index (χ2v) is 7.00. The van der Waals surface area contributed by atoms with Gasteiger partial charge in [0.2, 0.25) is 0 Å². The molecule has 132 valence electrons. The SMILES string of the molecule is O=C(c1cc(-c2ccco2)[nH]n1)N1CC(N2CCc3ccccc3C2)C1. The van der Waals surface area contributed by atoms with Gasteiger partial charge in [-0.1, -0.05) is 24.3 Å². The minimum absolute atomic E-state index is 0.0206. The molecule has 0 radical (unpaired) electrons. The number of aromatic nitrogens is 2. The maximum atomic E-state index is 12.6. The molecular formula is C20H20N4O2. The summed E-state index contributed by atoms with van der Waals surface area (Å²) in [6.07, 6.45) is 2.70. The van der Waals surface area contributed by atoms with Gasteiger partial charge in [-0.05, 0) is 29.7 Å². The normalized spacial score (nSPS) is 17.8. The molecule has 0 saturated carbocycles. The summed E-state index contributed by atoms with van der Waals surface area (Å²) in [4.78, 5) is 17.0. The molecule has 6 nitrogen and oxygen atoms in total. The van der Waals surface area contributed by atoms with Crippen LogP contribution in [0.25, 0.3) is 11.5 Å².